The SMILES string of the molecule is C=Cc1nc(C)c2ccc(=O)n(-c3c(F)cccc3F)c2n1. The van der Waals surface area contributed by atoms with Crippen molar-refractivity contribution < 1.29 is 8.78 Å². The first-order valence-electron chi connectivity index (χ1n) is 6.50. The van der Waals surface area contributed by atoms with E-state index in [-0.39, 0.29) is 11.5 Å². The maximum absolute atomic E-state index is 14.1. The number of pyridine rings is 1. The average Bonchev–Trinajstić information content (AvgIpc) is 2.48. The highest BCUT2D eigenvalue weighted by molar-refractivity contribution is 5.79. The van der Waals surface area contributed by atoms with Crippen molar-refractivity contribution in [3.8, 4) is 5.69 Å². The summed E-state index contributed by atoms with van der Waals surface area (Å²) in [4.78, 5) is 20.6. The molecule has 0 spiro atoms. The Hall–Kier alpha value is -2.89. The van der Waals surface area contributed by atoms with E-state index >= 15 is 0 Å². The third-order valence-corrected chi connectivity index (χ3v) is 3.30. The molecule has 0 fully saturated rings. The molecule has 0 unspecified atom stereocenters. The Morgan fingerprint density at radius 1 is 1.14 bits per heavy atom. The molecule has 0 saturated heterocycles. The van der Waals surface area contributed by atoms with Gasteiger partial charge in [-0.15, -0.1) is 0 Å². The average molecular weight is 299 g/mol. The third-order valence-electron chi connectivity index (χ3n) is 3.30. The highest BCUT2D eigenvalue weighted by atomic mass is 19.1. The van der Waals surface area contributed by atoms with Gasteiger partial charge in [0.2, 0.25) is 0 Å². The second-order valence-electron chi connectivity index (χ2n) is 4.69. The Balaban J connectivity index is 2.53. The van der Waals surface area contributed by atoms with Crippen LogP contribution < -0.4 is 5.56 Å². The van der Waals surface area contributed by atoms with Crippen LogP contribution in [0.25, 0.3) is 22.8 Å². The number of halogens is 2. The Morgan fingerprint density at radius 3 is 2.45 bits per heavy atom. The fourth-order valence-electron chi connectivity index (χ4n) is 2.30. The summed E-state index contributed by atoms with van der Waals surface area (Å²) in [5, 5.41) is 0.535. The van der Waals surface area contributed by atoms with Gasteiger partial charge >= 0.3 is 0 Å². The molecule has 0 aliphatic heterocycles. The molecule has 0 N–H and O–H groups in total. The zero-order valence-electron chi connectivity index (χ0n) is 11.7. The molecule has 22 heavy (non-hydrogen) atoms. The van der Waals surface area contributed by atoms with Gasteiger partial charge in [-0.25, -0.2) is 18.7 Å². The zero-order valence-corrected chi connectivity index (χ0v) is 11.7. The molecule has 1 aromatic carbocycles. The summed E-state index contributed by atoms with van der Waals surface area (Å²) >= 11 is 0. The van der Waals surface area contributed by atoms with Crippen LogP contribution in [-0.4, -0.2) is 14.5 Å². The van der Waals surface area contributed by atoms with E-state index in [2.05, 4.69) is 16.5 Å². The molecule has 0 aliphatic carbocycles. The van der Waals surface area contributed by atoms with E-state index in [0.29, 0.717) is 11.1 Å². The van der Waals surface area contributed by atoms with E-state index in [1.165, 1.54) is 24.3 Å². The van der Waals surface area contributed by atoms with Crippen LogP contribution in [0.2, 0.25) is 0 Å². The lowest BCUT2D eigenvalue weighted by atomic mass is 10.2. The van der Waals surface area contributed by atoms with E-state index in [0.717, 1.165) is 16.7 Å². The van der Waals surface area contributed by atoms with Crippen molar-refractivity contribution >= 4 is 17.1 Å². The highest BCUT2D eigenvalue weighted by Crippen LogP contribution is 2.21. The number of fused-ring (bicyclic) bond motifs is 1. The first kappa shape index (κ1) is 14.1. The van der Waals surface area contributed by atoms with Crippen molar-refractivity contribution in [2.75, 3.05) is 0 Å². The minimum absolute atomic E-state index is 0.138. The standard InChI is InChI=1S/C16H11F2N3O/c1-3-13-19-9(2)10-7-8-14(22)21(16(10)20-13)15-11(17)5-4-6-12(15)18/h3-8H,1H2,2H3. The van der Waals surface area contributed by atoms with Crippen LogP contribution in [0.15, 0.2) is 41.7 Å². The molecule has 3 rings (SSSR count). The summed E-state index contributed by atoms with van der Waals surface area (Å²) in [5.74, 6) is -1.40. The van der Waals surface area contributed by atoms with Crippen molar-refractivity contribution in [1.29, 1.82) is 0 Å². The van der Waals surface area contributed by atoms with Crippen molar-refractivity contribution in [1.82, 2.24) is 14.5 Å². The first-order valence-corrected chi connectivity index (χ1v) is 6.50. The number of benzene rings is 1. The number of hydrogen-bond donors (Lipinski definition) is 0. The molecule has 2 heterocycles. The fourth-order valence-corrected chi connectivity index (χ4v) is 2.30. The van der Waals surface area contributed by atoms with Gasteiger partial charge in [0.05, 0.1) is 5.69 Å². The maximum Gasteiger partial charge on any atom is 0.256 e. The zero-order chi connectivity index (χ0) is 15.9. The quantitative estimate of drug-likeness (QED) is 0.731. The number of nitrogens with zero attached hydrogens (tertiary/aromatic N) is 3. The lowest BCUT2D eigenvalue weighted by Gasteiger charge is -2.12. The molecule has 2 aromatic heterocycles. The van der Waals surface area contributed by atoms with E-state index in [4.69, 9.17) is 0 Å². The van der Waals surface area contributed by atoms with Gasteiger partial charge in [-0.2, -0.15) is 0 Å². The van der Waals surface area contributed by atoms with E-state index < -0.39 is 22.9 Å². The largest absolute Gasteiger partial charge is 0.269 e. The summed E-state index contributed by atoms with van der Waals surface area (Å²) in [6.45, 7) is 5.30. The summed E-state index contributed by atoms with van der Waals surface area (Å²) in [6, 6.07) is 6.19. The van der Waals surface area contributed by atoms with E-state index in [1.54, 1.807) is 6.92 Å². The highest BCUT2D eigenvalue weighted by Gasteiger charge is 2.17. The molecule has 0 bridgehead atoms. The van der Waals surface area contributed by atoms with Crippen LogP contribution >= 0.6 is 0 Å². The van der Waals surface area contributed by atoms with Gasteiger partial charge in [-0.1, -0.05) is 12.6 Å². The molecule has 0 saturated carbocycles. The number of hydrogen-bond acceptors (Lipinski definition) is 3. The second kappa shape index (κ2) is 5.14. The van der Waals surface area contributed by atoms with Crippen molar-refractivity contribution in [2.45, 2.75) is 6.92 Å². The van der Waals surface area contributed by atoms with Crippen LogP contribution in [0.5, 0.6) is 0 Å². The Labute approximate surface area is 124 Å². The number of aromatic nitrogens is 3. The van der Waals surface area contributed by atoms with Crippen molar-refractivity contribution in [3.05, 3.63) is 70.4 Å². The van der Waals surface area contributed by atoms with Gasteiger partial charge < -0.3 is 0 Å². The van der Waals surface area contributed by atoms with Crippen molar-refractivity contribution in [2.24, 2.45) is 0 Å². The topological polar surface area (TPSA) is 47.8 Å². The lowest BCUT2D eigenvalue weighted by Crippen LogP contribution is -2.21. The van der Waals surface area contributed by atoms with Crippen molar-refractivity contribution in [3.63, 3.8) is 0 Å². The van der Waals surface area contributed by atoms with E-state index in [9.17, 15) is 13.6 Å². The minimum atomic E-state index is -0.842. The Morgan fingerprint density at radius 2 is 1.82 bits per heavy atom. The fraction of sp³-hybridized carbons (Fsp3) is 0.0625. The molecular formula is C16H11F2N3O. The monoisotopic (exact) mass is 299 g/mol. The second-order valence-corrected chi connectivity index (χ2v) is 4.69. The predicted octanol–water partition coefficient (Wildman–Crippen LogP) is 3.01. The predicted molar refractivity (Wildman–Crippen MR) is 79.9 cm³/mol. The molecular weight excluding hydrogens is 288 g/mol. The first-order chi connectivity index (χ1) is 10.5. The molecule has 3 aromatic rings. The normalized spacial score (nSPS) is 10.9. The molecule has 0 atom stereocenters. The molecule has 0 aliphatic rings. The Kier molecular flexibility index (Phi) is 3.29. The van der Waals surface area contributed by atoms with Crippen LogP contribution in [0, 0.1) is 18.6 Å². The van der Waals surface area contributed by atoms with Crippen LogP contribution in [0.1, 0.15) is 11.5 Å². The van der Waals surface area contributed by atoms with Gasteiger partial charge in [0.25, 0.3) is 5.56 Å². The van der Waals surface area contributed by atoms with Gasteiger partial charge in [0, 0.05) is 11.5 Å². The van der Waals surface area contributed by atoms with Crippen LogP contribution in [0.4, 0.5) is 8.78 Å². The molecule has 0 amide bonds. The van der Waals surface area contributed by atoms with Gasteiger partial charge in [0.1, 0.15) is 17.3 Å². The van der Waals surface area contributed by atoms with Gasteiger partial charge in [0.15, 0.2) is 11.5 Å². The molecule has 4 nitrogen and oxygen atoms in total. The maximum atomic E-state index is 14.1. The number of rotatable bonds is 2. The number of para-hydroxylation sites is 1. The summed E-state index contributed by atoms with van der Waals surface area (Å²) in [7, 11) is 0. The van der Waals surface area contributed by atoms with Crippen LogP contribution in [-0.2, 0) is 0 Å². The molecule has 0 radical (unpaired) electrons. The minimum Gasteiger partial charge on any atom is -0.269 e. The summed E-state index contributed by atoms with van der Waals surface area (Å²) < 4.78 is 29.0. The smallest absolute Gasteiger partial charge is 0.256 e. The van der Waals surface area contributed by atoms with Gasteiger partial charge in [-0.3, -0.25) is 9.36 Å². The number of aryl methyl sites for hydroxylation is 1. The Bertz CT molecular complexity index is 943. The van der Waals surface area contributed by atoms with Crippen LogP contribution in [0.3, 0.4) is 0 Å². The third kappa shape index (κ3) is 2.09. The van der Waals surface area contributed by atoms with Gasteiger partial charge in [-0.05, 0) is 31.2 Å². The summed E-state index contributed by atoms with van der Waals surface area (Å²) in [6.07, 6.45) is 1.41. The van der Waals surface area contributed by atoms with E-state index in [1.807, 2.05) is 0 Å². The molecule has 6 heteroatoms. The summed E-state index contributed by atoms with van der Waals surface area (Å²) in [5.41, 5.74) is -0.305. The lowest BCUT2D eigenvalue weighted by molar-refractivity contribution is 0.568. The molecule has 110 valence electrons.